The first kappa shape index (κ1) is 10.5. The number of H-pyrrole nitrogens is 1. The van der Waals surface area contributed by atoms with E-state index in [1.165, 1.54) is 16.9 Å². The Morgan fingerprint density at radius 2 is 2.47 bits per heavy atom. The van der Waals surface area contributed by atoms with Crippen molar-refractivity contribution < 1.29 is 9.53 Å². The van der Waals surface area contributed by atoms with Crippen molar-refractivity contribution >= 4 is 17.3 Å². The van der Waals surface area contributed by atoms with Gasteiger partial charge in [0.1, 0.15) is 4.88 Å². The highest BCUT2D eigenvalue weighted by Crippen LogP contribution is 2.37. The molecule has 0 amide bonds. The molecule has 17 heavy (non-hydrogen) atoms. The lowest BCUT2D eigenvalue weighted by Crippen LogP contribution is -2.08. The summed E-state index contributed by atoms with van der Waals surface area (Å²) >= 11 is 1.46. The van der Waals surface area contributed by atoms with Crippen LogP contribution in [0.1, 0.15) is 27.7 Å². The van der Waals surface area contributed by atoms with Gasteiger partial charge in [0.15, 0.2) is 0 Å². The Hall–Kier alpha value is -1.62. The fourth-order valence-electron chi connectivity index (χ4n) is 2.20. The Morgan fingerprint density at radius 1 is 1.59 bits per heavy atom. The van der Waals surface area contributed by atoms with Gasteiger partial charge in [-0.05, 0) is 30.9 Å². The predicted molar refractivity (Wildman–Crippen MR) is 65.3 cm³/mol. The zero-order chi connectivity index (χ0) is 11.8. The standard InChI is InChI=1S/C12H12N2O2S/c1-2-16-12(15)11-8-4-3-7-5-13-14-10(7)9(8)6-17-11/h5-6H,2-4H2,1H3,(H,13,14). The third-order valence-corrected chi connectivity index (χ3v) is 3.99. The number of nitrogens with one attached hydrogen (secondary N) is 1. The first-order valence-corrected chi connectivity index (χ1v) is 6.49. The van der Waals surface area contributed by atoms with Gasteiger partial charge >= 0.3 is 5.97 Å². The summed E-state index contributed by atoms with van der Waals surface area (Å²) in [4.78, 5) is 12.5. The molecule has 2 aromatic heterocycles. The second kappa shape index (κ2) is 4.00. The average Bonchev–Trinajstić information content (AvgIpc) is 2.94. The van der Waals surface area contributed by atoms with E-state index in [9.17, 15) is 4.79 Å². The highest BCUT2D eigenvalue weighted by atomic mass is 32.1. The van der Waals surface area contributed by atoms with Crippen LogP contribution >= 0.6 is 11.3 Å². The number of aromatic amines is 1. The van der Waals surface area contributed by atoms with Gasteiger partial charge in [-0.25, -0.2) is 4.79 Å². The largest absolute Gasteiger partial charge is 0.462 e. The SMILES string of the molecule is CCOC(=O)c1scc2c1CCc1cn[nH]c1-2. The molecule has 0 spiro atoms. The molecule has 0 unspecified atom stereocenters. The monoisotopic (exact) mass is 248 g/mol. The van der Waals surface area contributed by atoms with Crippen LogP contribution < -0.4 is 0 Å². The number of aryl methyl sites for hydroxylation is 1. The molecule has 3 rings (SSSR count). The fourth-order valence-corrected chi connectivity index (χ4v) is 3.21. The van der Waals surface area contributed by atoms with Gasteiger partial charge in [0.2, 0.25) is 0 Å². The second-order valence-electron chi connectivity index (χ2n) is 3.95. The summed E-state index contributed by atoms with van der Waals surface area (Å²) in [6, 6.07) is 0. The molecular formula is C12H12N2O2S. The van der Waals surface area contributed by atoms with Gasteiger partial charge in [0, 0.05) is 10.9 Å². The van der Waals surface area contributed by atoms with Gasteiger partial charge in [-0.1, -0.05) is 0 Å². The first-order valence-electron chi connectivity index (χ1n) is 5.61. The molecule has 1 aliphatic carbocycles. The number of nitrogens with zero attached hydrogens (tertiary/aromatic N) is 1. The third kappa shape index (κ3) is 1.58. The average molecular weight is 248 g/mol. The molecule has 0 saturated carbocycles. The number of carbonyl (C=O) groups excluding carboxylic acids is 1. The Labute approximate surface area is 103 Å². The smallest absolute Gasteiger partial charge is 0.348 e. The number of thiophene rings is 1. The van der Waals surface area contributed by atoms with Crippen LogP contribution in [-0.2, 0) is 17.6 Å². The van der Waals surface area contributed by atoms with Crippen LogP contribution in [0.2, 0.25) is 0 Å². The van der Waals surface area contributed by atoms with Crippen molar-refractivity contribution in [1.82, 2.24) is 10.2 Å². The molecule has 4 nitrogen and oxygen atoms in total. The number of fused-ring (bicyclic) bond motifs is 3. The van der Waals surface area contributed by atoms with Gasteiger partial charge in [0.25, 0.3) is 0 Å². The van der Waals surface area contributed by atoms with E-state index >= 15 is 0 Å². The summed E-state index contributed by atoms with van der Waals surface area (Å²) in [5.41, 5.74) is 4.49. The van der Waals surface area contributed by atoms with Gasteiger partial charge in [-0.15, -0.1) is 11.3 Å². The van der Waals surface area contributed by atoms with E-state index < -0.39 is 0 Å². The number of hydrogen-bond acceptors (Lipinski definition) is 4. The summed E-state index contributed by atoms with van der Waals surface area (Å²) in [6.45, 7) is 2.24. The van der Waals surface area contributed by atoms with E-state index in [0.717, 1.165) is 34.5 Å². The second-order valence-corrected chi connectivity index (χ2v) is 4.83. The molecule has 0 aromatic carbocycles. The van der Waals surface area contributed by atoms with Crippen molar-refractivity contribution in [1.29, 1.82) is 0 Å². The topological polar surface area (TPSA) is 55.0 Å². The van der Waals surface area contributed by atoms with Crippen molar-refractivity contribution in [3.8, 4) is 11.3 Å². The van der Waals surface area contributed by atoms with Crippen molar-refractivity contribution in [2.45, 2.75) is 19.8 Å². The van der Waals surface area contributed by atoms with E-state index in [2.05, 4.69) is 10.2 Å². The van der Waals surface area contributed by atoms with Crippen LogP contribution in [-0.4, -0.2) is 22.8 Å². The lowest BCUT2D eigenvalue weighted by Gasteiger charge is -2.12. The summed E-state index contributed by atoms with van der Waals surface area (Å²) in [6.07, 6.45) is 3.68. The maximum absolute atomic E-state index is 11.8. The third-order valence-electron chi connectivity index (χ3n) is 2.99. The van der Waals surface area contributed by atoms with E-state index in [-0.39, 0.29) is 5.97 Å². The lowest BCUT2D eigenvalue weighted by molar-refractivity contribution is 0.0531. The Morgan fingerprint density at radius 3 is 3.29 bits per heavy atom. The number of esters is 1. The molecule has 0 aliphatic heterocycles. The number of carbonyl (C=O) groups is 1. The molecule has 2 aromatic rings. The van der Waals surface area contributed by atoms with Crippen LogP contribution in [0.5, 0.6) is 0 Å². The zero-order valence-corrected chi connectivity index (χ0v) is 10.3. The highest BCUT2D eigenvalue weighted by molar-refractivity contribution is 7.12. The summed E-state index contributed by atoms with van der Waals surface area (Å²) < 4.78 is 5.07. The molecule has 5 heteroatoms. The number of rotatable bonds is 2. The Bertz CT molecular complexity index is 571. The van der Waals surface area contributed by atoms with Crippen LogP contribution in [0.3, 0.4) is 0 Å². The number of ether oxygens (including phenoxy) is 1. The zero-order valence-electron chi connectivity index (χ0n) is 9.45. The maximum atomic E-state index is 11.8. The van der Waals surface area contributed by atoms with Crippen LogP contribution in [0.25, 0.3) is 11.3 Å². The Kier molecular flexibility index (Phi) is 2.48. The summed E-state index contributed by atoms with van der Waals surface area (Å²) in [7, 11) is 0. The maximum Gasteiger partial charge on any atom is 0.348 e. The van der Waals surface area contributed by atoms with E-state index in [4.69, 9.17) is 4.74 Å². The summed E-state index contributed by atoms with van der Waals surface area (Å²) in [5, 5.41) is 9.07. The van der Waals surface area contributed by atoms with Crippen LogP contribution in [0.15, 0.2) is 11.6 Å². The molecule has 88 valence electrons. The molecule has 0 atom stereocenters. The van der Waals surface area contributed by atoms with Gasteiger partial charge in [0.05, 0.1) is 18.5 Å². The van der Waals surface area contributed by atoms with Gasteiger partial charge < -0.3 is 4.74 Å². The summed E-state index contributed by atoms with van der Waals surface area (Å²) in [5.74, 6) is -0.207. The minimum atomic E-state index is -0.207. The highest BCUT2D eigenvalue weighted by Gasteiger charge is 2.25. The molecule has 0 saturated heterocycles. The lowest BCUT2D eigenvalue weighted by atomic mass is 9.92. The molecule has 0 bridgehead atoms. The van der Waals surface area contributed by atoms with E-state index in [1.807, 2.05) is 18.5 Å². The van der Waals surface area contributed by atoms with E-state index in [0.29, 0.717) is 6.61 Å². The van der Waals surface area contributed by atoms with Crippen LogP contribution in [0.4, 0.5) is 0 Å². The molecule has 1 aliphatic rings. The van der Waals surface area contributed by atoms with Crippen molar-refractivity contribution in [3.63, 3.8) is 0 Å². The van der Waals surface area contributed by atoms with Crippen molar-refractivity contribution in [2.24, 2.45) is 0 Å². The predicted octanol–water partition coefficient (Wildman–Crippen LogP) is 2.41. The molecular weight excluding hydrogens is 236 g/mol. The fraction of sp³-hybridized carbons (Fsp3) is 0.333. The van der Waals surface area contributed by atoms with Gasteiger partial charge in [-0.2, -0.15) is 5.10 Å². The van der Waals surface area contributed by atoms with Crippen molar-refractivity contribution in [2.75, 3.05) is 6.61 Å². The molecule has 2 heterocycles. The Balaban J connectivity index is 2.05. The van der Waals surface area contributed by atoms with Crippen LogP contribution in [0, 0.1) is 0 Å². The first-order chi connectivity index (χ1) is 8.31. The quantitative estimate of drug-likeness (QED) is 0.830. The minimum absolute atomic E-state index is 0.207. The minimum Gasteiger partial charge on any atom is -0.462 e. The van der Waals surface area contributed by atoms with Gasteiger partial charge in [-0.3, -0.25) is 5.10 Å². The molecule has 0 fully saturated rings. The number of hydrogen-bond donors (Lipinski definition) is 1. The van der Waals surface area contributed by atoms with E-state index in [1.54, 1.807) is 0 Å². The van der Waals surface area contributed by atoms with Crippen molar-refractivity contribution in [3.05, 3.63) is 27.6 Å². The molecule has 0 radical (unpaired) electrons. The number of aromatic nitrogens is 2. The molecule has 1 N–H and O–H groups in total. The normalized spacial score (nSPS) is 13.0.